The first-order valence-electron chi connectivity index (χ1n) is 7.41. The second-order valence-corrected chi connectivity index (χ2v) is 5.74. The standard InChI is InChI=1S/C15H19N5O2/c1-3-13(22)20-7-10(5-4-9(20)2)18-14-11-6-12(21)19-15(11)17-8-16-14/h3,8-10H,1,4-7H2,2H3,(H2,16,17,18,19,21)/t9-,10+/m0/s1. The molecule has 0 bridgehead atoms. The SMILES string of the molecule is C=CC(=O)N1C[C@H](Nc2ncnc3c2CC(=O)N3)CC[C@@H]1C. The van der Waals surface area contributed by atoms with Crippen LogP contribution in [0.5, 0.6) is 0 Å². The Morgan fingerprint density at radius 3 is 3.09 bits per heavy atom. The lowest BCUT2D eigenvalue weighted by atomic mass is 9.99. The van der Waals surface area contributed by atoms with Crippen LogP contribution in [0, 0.1) is 0 Å². The molecule has 1 fully saturated rings. The number of piperidine rings is 1. The second kappa shape index (κ2) is 5.75. The van der Waals surface area contributed by atoms with Crippen molar-refractivity contribution in [1.82, 2.24) is 14.9 Å². The van der Waals surface area contributed by atoms with Gasteiger partial charge in [0.1, 0.15) is 18.0 Å². The third-order valence-electron chi connectivity index (χ3n) is 4.22. The van der Waals surface area contributed by atoms with Crippen molar-refractivity contribution in [2.24, 2.45) is 0 Å². The van der Waals surface area contributed by atoms with Crippen molar-refractivity contribution in [2.45, 2.75) is 38.3 Å². The molecule has 0 unspecified atom stereocenters. The van der Waals surface area contributed by atoms with Crippen LogP contribution in [0.1, 0.15) is 25.3 Å². The van der Waals surface area contributed by atoms with E-state index in [1.54, 1.807) is 0 Å². The quantitative estimate of drug-likeness (QED) is 0.812. The summed E-state index contributed by atoms with van der Waals surface area (Å²) in [7, 11) is 0. The molecule has 7 nitrogen and oxygen atoms in total. The van der Waals surface area contributed by atoms with Crippen LogP contribution >= 0.6 is 0 Å². The summed E-state index contributed by atoms with van der Waals surface area (Å²) in [5.41, 5.74) is 0.799. The lowest BCUT2D eigenvalue weighted by Gasteiger charge is -2.38. The third-order valence-corrected chi connectivity index (χ3v) is 4.22. The summed E-state index contributed by atoms with van der Waals surface area (Å²) >= 11 is 0. The summed E-state index contributed by atoms with van der Waals surface area (Å²) in [6, 6.07) is 0.317. The Bertz CT molecular complexity index is 630. The molecule has 22 heavy (non-hydrogen) atoms. The Morgan fingerprint density at radius 2 is 2.32 bits per heavy atom. The predicted molar refractivity (Wildman–Crippen MR) is 82.4 cm³/mol. The molecule has 1 saturated heterocycles. The summed E-state index contributed by atoms with van der Waals surface area (Å²) in [5, 5.41) is 6.07. The first-order valence-corrected chi connectivity index (χ1v) is 7.41. The van der Waals surface area contributed by atoms with E-state index in [4.69, 9.17) is 0 Å². The normalized spacial score (nSPS) is 23.7. The van der Waals surface area contributed by atoms with E-state index in [-0.39, 0.29) is 30.3 Å². The highest BCUT2D eigenvalue weighted by Crippen LogP contribution is 2.28. The zero-order valence-corrected chi connectivity index (χ0v) is 12.5. The Balaban J connectivity index is 1.74. The molecule has 2 N–H and O–H groups in total. The van der Waals surface area contributed by atoms with Gasteiger partial charge in [0, 0.05) is 24.2 Å². The van der Waals surface area contributed by atoms with Gasteiger partial charge < -0.3 is 15.5 Å². The van der Waals surface area contributed by atoms with Crippen LogP contribution in [0.15, 0.2) is 19.0 Å². The summed E-state index contributed by atoms with van der Waals surface area (Å²) in [5.74, 6) is 1.13. The monoisotopic (exact) mass is 301 g/mol. The smallest absolute Gasteiger partial charge is 0.246 e. The molecular weight excluding hydrogens is 282 g/mol. The lowest BCUT2D eigenvalue weighted by Crippen LogP contribution is -2.49. The number of carbonyl (C=O) groups excluding carboxylic acids is 2. The average molecular weight is 301 g/mol. The molecule has 0 aliphatic carbocycles. The maximum Gasteiger partial charge on any atom is 0.246 e. The highest BCUT2D eigenvalue weighted by molar-refractivity contribution is 5.99. The fraction of sp³-hybridized carbons (Fsp3) is 0.467. The number of fused-ring (bicyclic) bond motifs is 1. The third kappa shape index (κ3) is 2.66. The van der Waals surface area contributed by atoms with Crippen LogP contribution in [-0.4, -0.2) is 45.3 Å². The van der Waals surface area contributed by atoms with E-state index < -0.39 is 0 Å². The van der Waals surface area contributed by atoms with Crippen molar-refractivity contribution < 1.29 is 9.59 Å². The molecule has 2 amide bonds. The number of likely N-dealkylation sites (tertiary alicyclic amines) is 1. The zero-order chi connectivity index (χ0) is 15.7. The molecule has 7 heteroatoms. The van der Waals surface area contributed by atoms with Crippen molar-refractivity contribution in [3.63, 3.8) is 0 Å². The molecule has 2 atom stereocenters. The van der Waals surface area contributed by atoms with E-state index in [1.165, 1.54) is 12.4 Å². The van der Waals surface area contributed by atoms with E-state index in [0.29, 0.717) is 18.2 Å². The number of nitrogens with zero attached hydrogens (tertiary/aromatic N) is 3. The summed E-state index contributed by atoms with van der Waals surface area (Å²) in [6.45, 7) is 6.20. The molecule has 0 radical (unpaired) electrons. The fourth-order valence-electron chi connectivity index (χ4n) is 2.99. The van der Waals surface area contributed by atoms with Crippen LogP contribution in [0.4, 0.5) is 11.6 Å². The number of anilines is 2. The molecule has 3 rings (SSSR count). The van der Waals surface area contributed by atoms with Gasteiger partial charge in [-0.25, -0.2) is 9.97 Å². The number of amides is 2. The van der Waals surface area contributed by atoms with Crippen LogP contribution in [0.2, 0.25) is 0 Å². The van der Waals surface area contributed by atoms with Crippen molar-refractivity contribution >= 4 is 23.5 Å². The molecule has 0 aromatic carbocycles. The van der Waals surface area contributed by atoms with E-state index in [9.17, 15) is 9.59 Å². The molecule has 2 aliphatic rings. The minimum Gasteiger partial charge on any atom is -0.365 e. The van der Waals surface area contributed by atoms with Crippen LogP contribution in [-0.2, 0) is 16.0 Å². The lowest BCUT2D eigenvalue weighted by molar-refractivity contribution is -0.129. The highest BCUT2D eigenvalue weighted by Gasteiger charge is 2.30. The van der Waals surface area contributed by atoms with Gasteiger partial charge >= 0.3 is 0 Å². The molecule has 0 spiro atoms. The summed E-state index contributed by atoms with van der Waals surface area (Å²) in [4.78, 5) is 33.5. The minimum absolute atomic E-state index is 0.0521. The molecular formula is C15H19N5O2. The van der Waals surface area contributed by atoms with E-state index >= 15 is 0 Å². The number of aromatic nitrogens is 2. The summed E-state index contributed by atoms with van der Waals surface area (Å²) in [6.07, 6.45) is 4.94. The Morgan fingerprint density at radius 1 is 1.50 bits per heavy atom. The highest BCUT2D eigenvalue weighted by atomic mass is 16.2. The number of hydrogen-bond acceptors (Lipinski definition) is 5. The van der Waals surface area contributed by atoms with Gasteiger partial charge in [-0.2, -0.15) is 0 Å². The van der Waals surface area contributed by atoms with Crippen molar-refractivity contribution in [1.29, 1.82) is 0 Å². The maximum atomic E-state index is 11.9. The molecule has 3 heterocycles. The average Bonchev–Trinajstić information content (AvgIpc) is 2.90. The summed E-state index contributed by atoms with van der Waals surface area (Å²) < 4.78 is 0. The number of nitrogens with one attached hydrogen (secondary N) is 2. The van der Waals surface area contributed by atoms with Gasteiger partial charge in [0.05, 0.1) is 6.42 Å². The van der Waals surface area contributed by atoms with Gasteiger partial charge in [0.25, 0.3) is 0 Å². The molecule has 2 aliphatic heterocycles. The molecule has 0 saturated carbocycles. The minimum atomic E-state index is -0.0701. The maximum absolute atomic E-state index is 11.9. The van der Waals surface area contributed by atoms with Gasteiger partial charge in [-0.3, -0.25) is 9.59 Å². The Kier molecular flexibility index (Phi) is 3.79. The topological polar surface area (TPSA) is 87.2 Å². The van der Waals surface area contributed by atoms with Gasteiger partial charge in [0.2, 0.25) is 11.8 Å². The second-order valence-electron chi connectivity index (χ2n) is 5.74. The molecule has 1 aromatic rings. The van der Waals surface area contributed by atoms with Crippen molar-refractivity contribution in [3.05, 3.63) is 24.5 Å². The zero-order valence-electron chi connectivity index (χ0n) is 12.5. The first-order chi connectivity index (χ1) is 10.6. The first kappa shape index (κ1) is 14.5. The van der Waals surface area contributed by atoms with Gasteiger partial charge in [-0.05, 0) is 25.8 Å². The van der Waals surface area contributed by atoms with Crippen LogP contribution < -0.4 is 10.6 Å². The van der Waals surface area contributed by atoms with Gasteiger partial charge in [0.15, 0.2) is 0 Å². The number of hydrogen-bond donors (Lipinski definition) is 2. The Hall–Kier alpha value is -2.44. The predicted octanol–water partition coefficient (Wildman–Crippen LogP) is 0.949. The van der Waals surface area contributed by atoms with Crippen LogP contribution in [0.3, 0.4) is 0 Å². The number of carbonyl (C=O) groups is 2. The van der Waals surface area contributed by atoms with Crippen molar-refractivity contribution in [2.75, 3.05) is 17.2 Å². The Labute approximate surface area is 128 Å². The van der Waals surface area contributed by atoms with E-state index in [1.807, 2.05) is 11.8 Å². The van der Waals surface area contributed by atoms with Crippen LogP contribution in [0.25, 0.3) is 0 Å². The number of rotatable bonds is 3. The largest absolute Gasteiger partial charge is 0.365 e. The van der Waals surface area contributed by atoms with Crippen molar-refractivity contribution in [3.8, 4) is 0 Å². The van der Waals surface area contributed by atoms with E-state index in [2.05, 4.69) is 27.2 Å². The molecule has 116 valence electrons. The van der Waals surface area contributed by atoms with Gasteiger partial charge in [-0.15, -0.1) is 0 Å². The van der Waals surface area contributed by atoms with Gasteiger partial charge in [-0.1, -0.05) is 6.58 Å². The van der Waals surface area contributed by atoms with E-state index in [0.717, 1.165) is 18.4 Å². The fourth-order valence-corrected chi connectivity index (χ4v) is 2.99. The molecule has 1 aromatic heterocycles.